The quantitative estimate of drug-likeness (QED) is 0.477. The third kappa shape index (κ3) is 8.87. The minimum Gasteiger partial charge on any atom is -0.351 e. The van der Waals surface area contributed by atoms with E-state index in [4.69, 9.17) is 0 Å². The predicted molar refractivity (Wildman–Crippen MR) is 135 cm³/mol. The molecule has 0 aromatic heterocycles. The lowest BCUT2D eigenvalue weighted by Gasteiger charge is -2.33. The van der Waals surface area contributed by atoms with E-state index in [1.165, 1.54) is 22.3 Å². The van der Waals surface area contributed by atoms with Gasteiger partial charge in [0.25, 0.3) is 0 Å². The molecule has 1 N–H and O–H groups in total. The largest absolute Gasteiger partial charge is 0.351 e. The van der Waals surface area contributed by atoms with Gasteiger partial charge in [0.05, 0.1) is 11.9 Å². The number of carbonyl (C=O) groups excluding carboxylic acids is 1. The molecule has 176 valence electrons. The second-order valence-corrected chi connectivity index (χ2v) is 13.0. The summed E-state index contributed by atoms with van der Waals surface area (Å²) in [5, 5.41) is 3.10. The van der Waals surface area contributed by atoms with Gasteiger partial charge in [-0.1, -0.05) is 62.9 Å². The summed E-state index contributed by atoms with van der Waals surface area (Å²) in [7, 11) is -3.50. The van der Waals surface area contributed by atoms with Crippen LogP contribution in [0.1, 0.15) is 53.9 Å². The van der Waals surface area contributed by atoms with Crippen LogP contribution in [0, 0.1) is 5.41 Å². The van der Waals surface area contributed by atoms with Crippen molar-refractivity contribution in [3.63, 3.8) is 0 Å². The molecule has 0 aliphatic carbocycles. The molecule has 0 aliphatic heterocycles. The van der Waals surface area contributed by atoms with Gasteiger partial charge in [-0.2, -0.15) is 0 Å². The Morgan fingerprint density at radius 1 is 0.969 bits per heavy atom. The molecule has 0 bridgehead atoms. The minimum atomic E-state index is -3.50. The molecular weight excluding hydrogens is 440 g/mol. The number of nitrogens with zero attached hydrogens (tertiary/aromatic N) is 1. The van der Waals surface area contributed by atoms with Gasteiger partial charge in [0.15, 0.2) is 0 Å². The molecule has 0 atom stereocenters. The highest BCUT2D eigenvalue weighted by Gasteiger charge is 2.27. The zero-order chi connectivity index (χ0) is 24.0. The van der Waals surface area contributed by atoms with Crippen LogP contribution >= 0.6 is 11.8 Å². The Kier molecular flexibility index (Phi) is 8.82. The fourth-order valence-corrected chi connectivity index (χ4v) is 6.03. The molecule has 2 aromatic carbocycles. The number of hydrogen-bond donors (Lipinski definition) is 1. The van der Waals surface area contributed by atoms with Gasteiger partial charge in [-0.05, 0) is 56.4 Å². The van der Waals surface area contributed by atoms with E-state index in [-0.39, 0.29) is 29.8 Å². The molecule has 1 amide bonds. The van der Waals surface area contributed by atoms with Crippen LogP contribution in [-0.2, 0) is 14.8 Å². The van der Waals surface area contributed by atoms with Crippen molar-refractivity contribution in [3.05, 3.63) is 54.6 Å². The third-order valence-corrected chi connectivity index (χ3v) is 6.97. The molecule has 7 heteroatoms. The summed E-state index contributed by atoms with van der Waals surface area (Å²) in [5.74, 6) is -0.0559. The van der Waals surface area contributed by atoms with Crippen molar-refractivity contribution in [1.82, 2.24) is 5.32 Å². The van der Waals surface area contributed by atoms with Crippen LogP contribution in [0.25, 0.3) is 0 Å². The van der Waals surface area contributed by atoms with Crippen LogP contribution in [0.5, 0.6) is 0 Å². The molecule has 2 aromatic rings. The number of rotatable bonds is 10. The SMILES string of the molecule is CC(C)(C)CC(C)(C)NC(=O)CCCN(c1ccccc1Sc1ccccc1)S(C)(=O)=O. The maximum Gasteiger partial charge on any atom is 0.232 e. The Morgan fingerprint density at radius 2 is 1.56 bits per heavy atom. The first kappa shape index (κ1) is 26.3. The fraction of sp³-hybridized carbons (Fsp3) is 0.480. The average Bonchev–Trinajstić information content (AvgIpc) is 2.63. The Bertz CT molecular complexity index is 997. The molecule has 32 heavy (non-hydrogen) atoms. The molecule has 0 heterocycles. The Hall–Kier alpha value is -1.99. The number of nitrogens with one attached hydrogen (secondary N) is 1. The van der Waals surface area contributed by atoms with Gasteiger partial charge >= 0.3 is 0 Å². The highest BCUT2D eigenvalue weighted by molar-refractivity contribution is 7.99. The highest BCUT2D eigenvalue weighted by Crippen LogP contribution is 2.36. The highest BCUT2D eigenvalue weighted by atomic mass is 32.2. The lowest BCUT2D eigenvalue weighted by Crippen LogP contribution is -2.46. The van der Waals surface area contributed by atoms with Gasteiger partial charge in [0, 0.05) is 28.3 Å². The van der Waals surface area contributed by atoms with Crippen LogP contribution in [0.15, 0.2) is 64.4 Å². The molecule has 0 spiro atoms. The van der Waals surface area contributed by atoms with Crippen LogP contribution in [-0.4, -0.2) is 32.7 Å². The van der Waals surface area contributed by atoms with Crippen molar-refractivity contribution in [2.75, 3.05) is 17.1 Å². The number of carbonyl (C=O) groups is 1. The van der Waals surface area contributed by atoms with Crippen LogP contribution in [0.3, 0.4) is 0 Å². The van der Waals surface area contributed by atoms with Crippen molar-refractivity contribution >= 4 is 33.4 Å². The van der Waals surface area contributed by atoms with E-state index in [1.54, 1.807) is 0 Å². The van der Waals surface area contributed by atoms with Gasteiger partial charge in [0.2, 0.25) is 15.9 Å². The smallest absolute Gasteiger partial charge is 0.232 e. The minimum absolute atomic E-state index is 0.0559. The van der Waals surface area contributed by atoms with Gasteiger partial charge in [0.1, 0.15) is 0 Å². The monoisotopic (exact) mass is 476 g/mol. The zero-order valence-electron chi connectivity index (χ0n) is 20.0. The zero-order valence-corrected chi connectivity index (χ0v) is 21.6. The number of hydrogen-bond acceptors (Lipinski definition) is 4. The molecule has 0 unspecified atom stereocenters. The molecule has 0 radical (unpaired) electrons. The summed E-state index contributed by atoms with van der Waals surface area (Å²) in [6, 6.07) is 17.3. The van der Waals surface area contributed by atoms with Crippen molar-refractivity contribution in [2.24, 2.45) is 5.41 Å². The number of amides is 1. The van der Waals surface area contributed by atoms with E-state index in [2.05, 4.69) is 26.1 Å². The second-order valence-electron chi connectivity index (χ2n) is 9.99. The normalized spacial score (nSPS) is 12.4. The van der Waals surface area contributed by atoms with Crippen molar-refractivity contribution in [2.45, 2.75) is 69.2 Å². The van der Waals surface area contributed by atoms with Gasteiger partial charge in [-0.15, -0.1) is 0 Å². The molecule has 2 rings (SSSR count). The first-order valence-corrected chi connectivity index (χ1v) is 13.5. The van der Waals surface area contributed by atoms with Crippen LogP contribution < -0.4 is 9.62 Å². The maximum absolute atomic E-state index is 12.6. The van der Waals surface area contributed by atoms with E-state index >= 15 is 0 Å². The maximum atomic E-state index is 12.6. The topological polar surface area (TPSA) is 66.5 Å². The number of sulfonamides is 1. The summed E-state index contributed by atoms with van der Waals surface area (Å²) < 4.78 is 26.6. The van der Waals surface area contributed by atoms with Crippen molar-refractivity contribution in [1.29, 1.82) is 0 Å². The van der Waals surface area contributed by atoms with E-state index in [0.717, 1.165) is 16.2 Å². The lowest BCUT2D eigenvalue weighted by molar-refractivity contribution is -0.123. The van der Waals surface area contributed by atoms with Crippen molar-refractivity contribution < 1.29 is 13.2 Å². The molecular formula is C25H36N2O3S2. The Balaban J connectivity index is 2.09. The molecule has 0 saturated carbocycles. The van der Waals surface area contributed by atoms with E-state index in [9.17, 15) is 13.2 Å². The summed E-state index contributed by atoms with van der Waals surface area (Å²) in [4.78, 5) is 14.4. The second kappa shape index (κ2) is 10.8. The van der Waals surface area contributed by atoms with Crippen LogP contribution in [0.2, 0.25) is 0 Å². The number of benzene rings is 2. The number of para-hydroxylation sites is 1. The van der Waals surface area contributed by atoms with Gasteiger partial charge in [-0.25, -0.2) is 8.42 Å². The van der Waals surface area contributed by atoms with Gasteiger partial charge in [-0.3, -0.25) is 9.10 Å². The fourth-order valence-electron chi connectivity index (χ4n) is 4.02. The third-order valence-electron chi connectivity index (χ3n) is 4.72. The molecule has 0 fully saturated rings. The van der Waals surface area contributed by atoms with Crippen molar-refractivity contribution in [3.8, 4) is 0 Å². The average molecular weight is 477 g/mol. The van der Waals surface area contributed by atoms with Crippen LogP contribution in [0.4, 0.5) is 5.69 Å². The molecule has 0 saturated heterocycles. The summed E-state index contributed by atoms with van der Waals surface area (Å²) >= 11 is 1.53. The number of anilines is 1. The van der Waals surface area contributed by atoms with E-state index < -0.39 is 10.0 Å². The molecule has 5 nitrogen and oxygen atoms in total. The first-order chi connectivity index (χ1) is 14.8. The Labute approximate surface area is 198 Å². The lowest BCUT2D eigenvalue weighted by atomic mass is 9.82. The van der Waals surface area contributed by atoms with Gasteiger partial charge < -0.3 is 5.32 Å². The van der Waals surface area contributed by atoms with E-state index in [1.807, 2.05) is 68.4 Å². The summed E-state index contributed by atoms with van der Waals surface area (Å²) in [6.07, 6.45) is 2.77. The summed E-state index contributed by atoms with van der Waals surface area (Å²) in [5.41, 5.74) is 0.423. The summed E-state index contributed by atoms with van der Waals surface area (Å²) in [6.45, 7) is 10.7. The van der Waals surface area contributed by atoms with E-state index in [0.29, 0.717) is 12.1 Å². The standard InChI is InChI=1S/C25H36N2O3S2/c1-24(2,3)19-25(4,5)26-23(28)17-12-18-27(32(6,29)30)21-15-10-11-16-22(21)31-20-13-8-7-9-14-20/h7-11,13-16H,12,17-19H2,1-6H3,(H,26,28). The predicted octanol–water partition coefficient (Wildman–Crippen LogP) is 5.72. The molecule has 0 aliphatic rings. The Morgan fingerprint density at radius 3 is 2.16 bits per heavy atom. The first-order valence-electron chi connectivity index (χ1n) is 10.9.